The van der Waals surface area contributed by atoms with Gasteiger partial charge in [-0.15, -0.1) is 0 Å². The van der Waals surface area contributed by atoms with E-state index in [0.29, 0.717) is 5.95 Å². The van der Waals surface area contributed by atoms with E-state index < -0.39 is 0 Å². The van der Waals surface area contributed by atoms with Crippen molar-refractivity contribution in [3.63, 3.8) is 0 Å². The Labute approximate surface area is 365 Å². The van der Waals surface area contributed by atoms with Gasteiger partial charge in [0.1, 0.15) is 0 Å². The van der Waals surface area contributed by atoms with E-state index >= 15 is 0 Å². The molecule has 0 fully saturated rings. The van der Waals surface area contributed by atoms with Crippen LogP contribution in [0.25, 0.3) is 88.9 Å². The zero-order valence-electron chi connectivity index (χ0n) is 34.3. The molecule has 9 aromatic carbocycles. The zero-order valence-corrected chi connectivity index (χ0v) is 34.3. The Morgan fingerprint density at radius 1 is 0.286 bits per heavy atom. The SMILES string of the molecule is c1ccc(-c2cc(-c3ccccc3)nc(-n3c4ccccc4c4cc(-c5ccc6c(c5)c5ccccc5n6-c5ccc(N(c6ccccc6)c6ccccc6)cc5)ccc43)n2)cc1. The molecule has 5 heteroatoms. The Kier molecular flexibility index (Phi) is 8.75. The Balaban J connectivity index is 0.968. The number of para-hydroxylation sites is 4. The lowest BCUT2D eigenvalue weighted by Gasteiger charge is -2.25. The van der Waals surface area contributed by atoms with Gasteiger partial charge in [-0.2, -0.15) is 0 Å². The Bertz CT molecular complexity index is 3500. The molecule has 0 saturated carbocycles. The highest BCUT2D eigenvalue weighted by Gasteiger charge is 2.19. The smallest absolute Gasteiger partial charge is 0.235 e. The van der Waals surface area contributed by atoms with Crippen LogP contribution in [0.5, 0.6) is 0 Å². The van der Waals surface area contributed by atoms with Crippen molar-refractivity contribution in [2.75, 3.05) is 4.90 Å². The molecule has 12 rings (SSSR count). The predicted molar refractivity (Wildman–Crippen MR) is 262 cm³/mol. The number of hydrogen-bond donors (Lipinski definition) is 0. The molecule has 0 unspecified atom stereocenters. The molecule has 296 valence electrons. The third-order valence-corrected chi connectivity index (χ3v) is 12.1. The Morgan fingerprint density at radius 3 is 1.19 bits per heavy atom. The van der Waals surface area contributed by atoms with Crippen LogP contribution >= 0.6 is 0 Å². The van der Waals surface area contributed by atoms with Crippen molar-refractivity contribution in [3.05, 3.63) is 237 Å². The first-order valence-corrected chi connectivity index (χ1v) is 21.3. The topological polar surface area (TPSA) is 38.9 Å². The van der Waals surface area contributed by atoms with Crippen molar-refractivity contribution < 1.29 is 0 Å². The summed E-state index contributed by atoms with van der Waals surface area (Å²) in [6.45, 7) is 0. The van der Waals surface area contributed by atoms with E-state index in [0.717, 1.165) is 83.7 Å². The van der Waals surface area contributed by atoms with Crippen LogP contribution in [0.1, 0.15) is 0 Å². The predicted octanol–water partition coefficient (Wildman–Crippen LogP) is 15.1. The fraction of sp³-hybridized carbons (Fsp3) is 0. The largest absolute Gasteiger partial charge is 0.311 e. The lowest BCUT2D eigenvalue weighted by Crippen LogP contribution is -2.09. The maximum absolute atomic E-state index is 5.23. The van der Waals surface area contributed by atoms with E-state index in [1.165, 1.54) is 16.3 Å². The first-order chi connectivity index (χ1) is 31.2. The molecule has 3 heterocycles. The maximum atomic E-state index is 5.23. The maximum Gasteiger partial charge on any atom is 0.235 e. The lowest BCUT2D eigenvalue weighted by atomic mass is 10.0. The third kappa shape index (κ3) is 6.34. The first-order valence-electron chi connectivity index (χ1n) is 21.3. The van der Waals surface area contributed by atoms with Crippen LogP contribution in [0.3, 0.4) is 0 Å². The molecule has 0 amide bonds. The van der Waals surface area contributed by atoms with Gasteiger partial charge < -0.3 is 9.47 Å². The summed E-state index contributed by atoms with van der Waals surface area (Å²) < 4.78 is 4.60. The van der Waals surface area contributed by atoms with E-state index in [4.69, 9.17) is 9.97 Å². The van der Waals surface area contributed by atoms with Crippen LogP contribution in [0.2, 0.25) is 0 Å². The molecule has 12 aromatic rings. The van der Waals surface area contributed by atoms with Crippen molar-refractivity contribution in [2.45, 2.75) is 0 Å². The molecule has 3 aromatic heterocycles. The highest BCUT2D eigenvalue weighted by Crippen LogP contribution is 2.40. The van der Waals surface area contributed by atoms with Gasteiger partial charge in [-0.3, -0.25) is 4.57 Å². The quantitative estimate of drug-likeness (QED) is 0.154. The second-order valence-corrected chi connectivity index (χ2v) is 15.9. The summed E-state index contributed by atoms with van der Waals surface area (Å²) in [5.41, 5.74) is 15.1. The van der Waals surface area contributed by atoms with Gasteiger partial charge >= 0.3 is 0 Å². The monoisotopic (exact) mass is 805 g/mol. The molecule has 0 N–H and O–H groups in total. The van der Waals surface area contributed by atoms with Gasteiger partial charge in [-0.1, -0.05) is 146 Å². The number of rotatable bonds is 8. The highest BCUT2D eigenvalue weighted by atomic mass is 15.2. The Morgan fingerprint density at radius 2 is 0.683 bits per heavy atom. The second kappa shape index (κ2) is 15.2. The molecule has 0 aliphatic rings. The minimum Gasteiger partial charge on any atom is -0.311 e. The minimum atomic E-state index is 0.643. The van der Waals surface area contributed by atoms with Gasteiger partial charge in [0.15, 0.2) is 0 Å². The fourth-order valence-electron chi connectivity index (χ4n) is 9.20. The molecular weight excluding hydrogens is 767 g/mol. The average molecular weight is 806 g/mol. The normalized spacial score (nSPS) is 11.5. The molecule has 0 atom stereocenters. The lowest BCUT2D eigenvalue weighted by molar-refractivity contribution is 0.995. The van der Waals surface area contributed by atoms with Crippen LogP contribution in [0.15, 0.2) is 237 Å². The zero-order chi connectivity index (χ0) is 41.7. The van der Waals surface area contributed by atoms with Crippen molar-refractivity contribution in [2.24, 2.45) is 0 Å². The molecule has 0 aliphatic heterocycles. The Hall–Kier alpha value is -8.54. The molecule has 5 nitrogen and oxygen atoms in total. The average Bonchev–Trinajstić information content (AvgIpc) is 3.88. The number of anilines is 3. The van der Waals surface area contributed by atoms with Gasteiger partial charge in [0, 0.05) is 55.4 Å². The van der Waals surface area contributed by atoms with Gasteiger partial charge in [-0.25, -0.2) is 9.97 Å². The molecule has 63 heavy (non-hydrogen) atoms. The number of benzene rings is 9. The summed E-state index contributed by atoms with van der Waals surface area (Å²) in [5, 5.41) is 4.74. The number of nitrogens with zero attached hydrogens (tertiary/aromatic N) is 5. The van der Waals surface area contributed by atoms with Gasteiger partial charge in [-0.05, 0) is 102 Å². The first kappa shape index (κ1) is 36.3. The summed E-state index contributed by atoms with van der Waals surface area (Å²) in [6, 6.07) is 83.8. The number of aromatic nitrogens is 4. The van der Waals surface area contributed by atoms with Gasteiger partial charge in [0.2, 0.25) is 5.95 Å². The molecule has 0 bridgehead atoms. The highest BCUT2D eigenvalue weighted by molar-refractivity contribution is 6.12. The van der Waals surface area contributed by atoms with E-state index in [2.05, 4.69) is 238 Å². The van der Waals surface area contributed by atoms with E-state index in [9.17, 15) is 0 Å². The van der Waals surface area contributed by atoms with Crippen LogP contribution in [0.4, 0.5) is 17.1 Å². The standard InChI is InChI=1S/C58H39N5/c1-5-17-40(18-6-1)52-39-53(41-19-7-2-8-20-41)60-58(59-52)63-55-28-16-14-26-49(55)51-38-43(30-36-57(51)63)42-29-35-56-50(37-42)48-25-13-15-27-54(48)62(56)47-33-31-46(32-34-47)61(44-21-9-3-10-22-44)45-23-11-4-12-24-45/h1-39H. The van der Waals surface area contributed by atoms with Gasteiger partial charge in [0.05, 0.1) is 33.5 Å². The van der Waals surface area contributed by atoms with Crippen LogP contribution < -0.4 is 4.90 Å². The molecule has 0 spiro atoms. The van der Waals surface area contributed by atoms with Crippen molar-refractivity contribution >= 4 is 60.7 Å². The minimum absolute atomic E-state index is 0.643. The van der Waals surface area contributed by atoms with E-state index in [-0.39, 0.29) is 0 Å². The van der Waals surface area contributed by atoms with Crippen molar-refractivity contribution in [1.29, 1.82) is 0 Å². The van der Waals surface area contributed by atoms with Crippen molar-refractivity contribution in [3.8, 4) is 45.3 Å². The van der Waals surface area contributed by atoms with E-state index in [1.54, 1.807) is 0 Å². The summed E-state index contributed by atoms with van der Waals surface area (Å²) in [5.74, 6) is 0.643. The third-order valence-electron chi connectivity index (χ3n) is 12.1. The summed E-state index contributed by atoms with van der Waals surface area (Å²) in [4.78, 5) is 12.8. The second-order valence-electron chi connectivity index (χ2n) is 15.9. The summed E-state index contributed by atoms with van der Waals surface area (Å²) in [6.07, 6.45) is 0. The van der Waals surface area contributed by atoms with Crippen LogP contribution in [0, 0.1) is 0 Å². The summed E-state index contributed by atoms with van der Waals surface area (Å²) >= 11 is 0. The van der Waals surface area contributed by atoms with Gasteiger partial charge in [0.25, 0.3) is 0 Å². The fourth-order valence-corrected chi connectivity index (χ4v) is 9.20. The molecule has 0 aliphatic carbocycles. The number of hydrogen-bond acceptors (Lipinski definition) is 3. The summed E-state index contributed by atoms with van der Waals surface area (Å²) in [7, 11) is 0. The van der Waals surface area contributed by atoms with Crippen LogP contribution in [-0.4, -0.2) is 19.1 Å². The van der Waals surface area contributed by atoms with Crippen LogP contribution in [-0.2, 0) is 0 Å². The molecular formula is C58H39N5. The molecule has 0 radical (unpaired) electrons. The molecule has 0 saturated heterocycles. The number of fused-ring (bicyclic) bond motifs is 6. The van der Waals surface area contributed by atoms with E-state index in [1.807, 2.05) is 12.1 Å². The van der Waals surface area contributed by atoms with Crippen molar-refractivity contribution in [1.82, 2.24) is 19.1 Å².